The SMILES string of the molecule is NC(=O)C1CC(C(=O)Nc2ccc(N3CCc4sccc4C3)cc2)=NN1c1ccccc1. The maximum absolute atomic E-state index is 12.8. The third-order valence-corrected chi connectivity index (χ3v) is 6.84. The summed E-state index contributed by atoms with van der Waals surface area (Å²) in [5.41, 5.74) is 9.77. The molecule has 2 aliphatic heterocycles. The molecule has 1 unspecified atom stereocenters. The molecule has 3 heterocycles. The van der Waals surface area contributed by atoms with Crippen LogP contribution in [0.3, 0.4) is 0 Å². The monoisotopic (exact) mass is 445 g/mol. The Morgan fingerprint density at radius 1 is 1.03 bits per heavy atom. The van der Waals surface area contributed by atoms with Crippen molar-refractivity contribution < 1.29 is 9.59 Å². The summed E-state index contributed by atoms with van der Waals surface area (Å²) in [6, 6.07) is 18.6. The van der Waals surface area contributed by atoms with Gasteiger partial charge in [-0.05, 0) is 59.8 Å². The zero-order valence-corrected chi connectivity index (χ0v) is 18.2. The number of primary amides is 1. The number of anilines is 3. The highest BCUT2D eigenvalue weighted by Crippen LogP contribution is 2.29. The van der Waals surface area contributed by atoms with Crippen molar-refractivity contribution in [2.45, 2.75) is 25.4 Å². The van der Waals surface area contributed by atoms with E-state index in [2.05, 4.69) is 26.8 Å². The topological polar surface area (TPSA) is 91.0 Å². The van der Waals surface area contributed by atoms with Crippen molar-refractivity contribution >= 4 is 45.9 Å². The van der Waals surface area contributed by atoms with E-state index in [1.165, 1.54) is 15.4 Å². The Labute approximate surface area is 190 Å². The minimum absolute atomic E-state index is 0.172. The summed E-state index contributed by atoms with van der Waals surface area (Å²) in [6.07, 6.45) is 1.23. The molecule has 2 aromatic carbocycles. The van der Waals surface area contributed by atoms with Gasteiger partial charge in [0.15, 0.2) is 0 Å². The van der Waals surface area contributed by atoms with Crippen molar-refractivity contribution in [2.75, 3.05) is 21.8 Å². The molecule has 3 N–H and O–H groups in total. The average Bonchev–Trinajstić information content (AvgIpc) is 3.47. The normalized spacial score (nSPS) is 17.6. The van der Waals surface area contributed by atoms with Crippen LogP contribution in [-0.2, 0) is 22.6 Å². The van der Waals surface area contributed by atoms with E-state index < -0.39 is 11.9 Å². The predicted octanol–water partition coefficient (Wildman–Crippen LogP) is 3.37. The quantitative estimate of drug-likeness (QED) is 0.630. The molecule has 2 aliphatic rings. The molecule has 0 spiro atoms. The van der Waals surface area contributed by atoms with Crippen LogP contribution >= 0.6 is 11.3 Å². The van der Waals surface area contributed by atoms with Crippen LogP contribution in [0.15, 0.2) is 71.1 Å². The highest BCUT2D eigenvalue weighted by molar-refractivity contribution is 7.10. The Morgan fingerprint density at radius 3 is 2.56 bits per heavy atom. The number of nitrogens with zero attached hydrogens (tertiary/aromatic N) is 3. The first-order valence-corrected chi connectivity index (χ1v) is 11.4. The van der Waals surface area contributed by atoms with Crippen LogP contribution in [0.25, 0.3) is 0 Å². The molecule has 0 radical (unpaired) electrons. The van der Waals surface area contributed by atoms with Gasteiger partial charge in [0, 0.05) is 35.8 Å². The maximum Gasteiger partial charge on any atom is 0.271 e. The van der Waals surface area contributed by atoms with Crippen molar-refractivity contribution in [3.8, 4) is 0 Å². The Hall–Kier alpha value is -3.65. The molecule has 5 rings (SSSR count). The third-order valence-electron chi connectivity index (χ3n) is 5.82. The van der Waals surface area contributed by atoms with Crippen LogP contribution in [0.2, 0.25) is 0 Å². The summed E-state index contributed by atoms with van der Waals surface area (Å²) in [4.78, 5) is 28.6. The van der Waals surface area contributed by atoms with E-state index >= 15 is 0 Å². The molecule has 32 heavy (non-hydrogen) atoms. The fraction of sp³-hybridized carbons (Fsp3) is 0.208. The summed E-state index contributed by atoms with van der Waals surface area (Å²) in [5.74, 6) is -0.844. The molecular weight excluding hydrogens is 422 g/mol. The molecule has 0 bridgehead atoms. The van der Waals surface area contributed by atoms with Gasteiger partial charge < -0.3 is 16.0 Å². The summed E-state index contributed by atoms with van der Waals surface area (Å²) in [5, 5.41) is 11.0. The number of hydrazone groups is 1. The van der Waals surface area contributed by atoms with Crippen LogP contribution in [-0.4, -0.2) is 30.1 Å². The Balaban J connectivity index is 1.27. The third kappa shape index (κ3) is 3.97. The zero-order valence-electron chi connectivity index (χ0n) is 17.4. The first-order chi connectivity index (χ1) is 15.6. The lowest BCUT2D eigenvalue weighted by molar-refractivity contribution is -0.119. The molecule has 8 heteroatoms. The highest BCUT2D eigenvalue weighted by atomic mass is 32.1. The van der Waals surface area contributed by atoms with Gasteiger partial charge in [-0.25, -0.2) is 0 Å². The smallest absolute Gasteiger partial charge is 0.271 e. The van der Waals surface area contributed by atoms with Gasteiger partial charge in [0.2, 0.25) is 5.91 Å². The van der Waals surface area contributed by atoms with E-state index in [1.807, 2.05) is 65.9 Å². The molecule has 0 aliphatic carbocycles. The second-order valence-corrected chi connectivity index (χ2v) is 8.89. The number of nitrogens with two attached hydrogens (primary N) is 1. The lowest BCUT2D eigenvalue weighted by Gasteiger charge is -2.29. The summed E-state index contributed by atoms with van der Waals surface area (Å²) in [6.45, 7) is 1.89. The second-order valence-electron chi connectivity index (χ2n) is 7.89. The molecule has 162 valence electrons. The van der Waals surface area contributed by atoms with E-state index in [0.29, 0.717) is 5.69 Å². The minimum Gasteiger partial charge on any atom is -0.368 e. The number of benzene rings is 2. The summed E-state index contributed by atoms with van der Waals surface area (Å²) in [7, 11) is 0. The van der Waals surface area contributed by atoms with E-state index in [0.717, 1.165) is 30.9 Å². The Kier molecular flexibility index (Phi) is 5.36. The zero-order chi connectivity index (χ0) is 22.1. The van der Waals surface area contributed by atoms with Crippen molar-refractivity contribution in [1.29, 1.82) is 0 Å². The van der Waals surface area contributed by atoms with Crippen molar-refractivity contribution in [3.05, 3.63) is 76.5 Å². The molecule has 0 saturated carbocycles. The number of amides is 2. The predicted molar refractivity (Wildman–Crippen MR) is 128 cm³/mol. The van der Waals surface area contributed by atoms with Gasteiger partial charge >= 0.3 is 0 Å². The lowest BCUT2D eigenvalue weighted by Crippen LogP contribution is -2.39. The first-order valence-electron chi connectivity index (χ1n) is 10.5. The van der Waals surface area contributed by atoms with Crippen LogP contribution < -0.4 is 21.0 Å². The van der Waals surface area contributed by atoms with Gasteiger partial charge in [-0.2, -0.15) is 5.10 Å². The highest BCUT2D eigenvalue weighted by Gasteiger charge is 2.35. The van der Waals surface area contributed by atoms with Gasteiger partial charge in [-0.1, -0.05) is 18.2 Å². The number of rotatable bonds is 5. The van der Waals surface area contributed by atoms with E-state index in [1.54, 1.807) is 0 Å². The van der Waals surface area contributed by atoms with E-state index in [9.17, 15) is 9.59 Å². The molecular formula is C24H23N5O2S. The first kappa shape index (κ1) is 20.3. The number of hydrogen-bond donors (Lipinski definition) is 2. The summed E-state index contributed by atoms with van der Waals surface area (Å²) >= 11 is 1.83. The molecule has 2 amide bonds. The molecule has 0 fully saturated rings. The van der Waals surface area contributed by atoms with Gasteiger partial charge in [0.25, 0.3) is 5.91 Å². The van der Waals surface area contributed by atoms with Crippen LogP contribution in [0.1, 0.15) is 16.9 Å². The lowest BCUT2D eigenvalue weighted by atomic mass is 10.1. The molecule has 1 atom stereocenters. The van der Waals surface area contributed by atoms with E-state index in [4.69, 9.17) is 5.73 Å². The van der Waals surface area contributed by atoms with Gasteiger partial charge in [-0.15, -0.1) is 11.3 Å². The number of para-hydroxylation sites is 1. The standard InChI is InChI=1S/C24H23N5O2S/c25-23(30)21-14-20(27-29(21)19-4-2-1-3-5-19)24(31)26-17-6-8-18(9-7-17)28-12-10-22-16(15-28)11-13-32-22/h1-9,11,13,21H,10,12,14-15H2,(H2,25,30)(H,26,31). The van der Waals surface area contributed by atoms with Crippen molar-refractivity contribution in [2.24, 2.45) is 10.8 Å². The molecule has 0 saturated heterocycles. The second kappa shape index (κ2) is 8.47. The number of fused-ring (bicyclic) bond motifs is 1. The summed E-state index contributed by atoms with van der Waals surface area (Å²) < 4.78 is 0. The maximum atomic E-state index is 12.8. The fourth-order valence-corrected chi connectivity index (χ4v) is 5.01. The van der Waals surface area contributed by atoms with Crippen molar-refractivity contribution in [1.82, 2.24) is 0 Å². The average molecular weight is 446 g/mol. The van der Waals surface area contributed by atoms with Crippen LogP contribution in [0.5, 0.6) is 0 Å². The van der Waals surface area contributed by atoms with Crippen LogP contribution in [0.4, 0.5) is 17.1 Å². The molecule has 3 aromatic rings. The number of thiophene rings is 1. The molecule has 1 aromatic heterocycles. The molecule has 7 nitrogen and oxygen atoms in total. The largest absolute Gasteiger partial charge is 0.368 e. The van der Waals surface area contributed by atoms with Gasteiger partial charge in [-0.3, -0.25) is 14.6 Å². The van der Waals surface area contributed by atoms with Crippen LogP contribution in [0, 0.1) is 0 Å². The van der Waals surface area contributed by atoms with E-state index in [-0.39, 0.29) is 18.0 Å². The van der Waals surface area contributed by atoms with Gasteiger partial charge in [0.05, 0.1) is 5.69 Å². The fourth-order valence-electron chi connectivity index (χ4n) is 4.12. The Bertz CT molecular complexity index is 1170. The number of hydrogen-bond acceptors (Lipinski definition) is 6. The number of carbonyl (C=O) groups excluding carboxylic acids is 2. The van der Waals surface area contributed by atoms with Crippen molar-refractivity contribution in [3.63, 3.8) is 0 Å². The minimum atomic E-state index is -0.679. The number of nitrogens with one attached hydrogen (secondary N) is 1. The van der Waals surface area contributed by atoms with Gasteiger partial charge in [0.1, 0.15) is 11.8 Å². The Morgan fingerprint density at radius 2 is 1.81 bits per heavy atom. The number of carbonyl (C=O) groups is 2.